The molecule has 4 unspecified atom stereocenters. The SMILES string of the molecule is CC(C)CC(N)C(=O)NC(CS)C(=O)NC(Cc1ccccc1)C(=O)NC(CCCCN)C(=O)O. The van der Waals surface area contributed by atoms with Gasteiger partial charge in [-0.15, -0.1) is 0 Å². The minimum absolute atomic E-state index is 0.0114. The second-order valence-electron chi connectivity index (χ2n) is 8.91. The lowest BCUT2D eigenvalue weighted by atomic mass is 10.0. The number of thiol groups is 1. The van der Waals surface area contributed by atoms with E-state index in [0.29, 0.717) is 25.8 Å². The largest absolute Gasteiger partial charge is 0.480 e. The average molecular weight is 510 g/mol. The van der Waals surface area contributed by atoms with Gasteiger partial charge in [0.05, 0.1) is 6.04 Å². The second-order valence-corrected chi connectivity index (χ2v) is 9.28. The summed E-state index contributed by atoms with van der Waals surface area (Å²) >= 11 is 4.17. The van der Waals surface area contributed by atoms with Crippen LogP contribution in [0, 0.1) is 5.92 Å². The standard InChI is InChI=1S/C24H39N5O5S/c1-15(2)12-17(26)21(30)29-20(14-35)23(32)28-19(13-16-8-4-3-5-9-16)22(31)27-18(24(33)34)10-6-7-11-25/h3-5,8-9,15,17-20,35H,6-7,10-14,25-26H2,1-2H3,(H,27,31)(H,28,32)(H,29,30)(H,33,34). The Morgan fingerprint density at radius 2 is 1.49 bits per heavy atom. The zero-order valence-electron chi connectivity index (χ0n) is 20.4. The van der Waals surface area contributed by atoms with Crippen molar-refractivity contribution in [2.24, 2.45) is 17.4 Å². The average Bonchev–Trinajstić information content (AvgIpc) is 2.81. The van der Waals surface area contributed by atoms with Gasteiger partial charge in [-0.25, -0.2) is 4.79 Å². The van der Waals surface area contributed by atoms with Gasteiger partial charge in [-0.1, -0.05) is 44.2 Å². The summed E-state index contributed by atoms with van der Waals surface area (Å²) in [6.07, 6.45) is 1.97. The van der Waals surface area contributed by atoms with Gasteiger partial charge in [0.1, 0.15) is 18.1 Å². The molecule has 1 aromatic rings. The summed E-state index contributed by atoms with van der Waals surface area (Å²) in [6, 6.07) is 5.03. The Hall–Kier alpha value is -2.63. The van der Waals surface area contributed by atoms with Gasteiger partial charge in [0, 0.05) is 12.2 Å². The van der Waals surface area contributed by atoms with E-state index < -0.39 is 47.9 Å². The number of rotatable bonds is 16. The minimum atomic E-state index is -1.17. The molecule has 0 aromatic heterocycles. The first-order valence-electron chi connectivity index (χ1n) is 11.8. The van der Waals surface area contributed by atoms with Crippen LogP contribution in [0.25, 0.3) is 0 Å². The maximum Gasteiger partial charge on any atom is 0.326 e. The van der Waals surface area contributed by atoms with Crippen LogP contribution in [0.3, 0.4) is 0 Å². The number of carboxylic acids is 1. The predicted octanol–water partition coefficient (Wildman–Crippen LogP) is 0.200. The summed E-state index contributed by atoms with van der Waals surface area (Å²) < 4.78 is 0. The number of hydrogen-bond acceptors (Lipinski definition) is 7. The topological polar surface area (TPSA) is 177 Å². The molecule has 196 valence electrons. The third-order valence-electron chi connectivity index (χ3n) is 5.35. The number of amides is 3. The van der Waals surface area contributed by atoms with Crippen molar-refractivity contribution in [2.75, 3.05) is 12.3 Å². The van der Waals surface area contributed by atoms with Crippen LogP contribution in [0.5, 0.6) is 0 Å². The smallest absolute Gasteiger partial charge is 0.326 e. The van der Waals surface area contributed by atoms with Gasteiger partial charge in [-0.3, -0.25) is 14.4 Å². The van der Waals surface area contributed by atoms with E-state index in [1.807, 2.05) is 19.9 Å². The summed E-state index contributed by atoms with van der Waals surface area (Å²) in [5.74, 6) is -2.71. The molecule has 1 aromatic carbocycles. The highest BCUT2D eigenvalue weighted by atomic mass is 32.1. The molecular formula is C24H39N5O5S. The molecule has 1 rings (SSSR count). The third-order valence-corrected chi connectivity index (χ3v) is 5.72. The fraction of sp³-hybridized carbons (Fsp3) is 0.583. The van der Waals surface area contributed by atoms with E-state index in [0.717, 1.165) is 5.56 Å². The third kappa shape index (κ3) is 11.6. The molecule has 0 radical (unpaired) electrons. The Morgan fingerprint density at radius 3 is 2.03 bits per heavy atom. The van der Waals surface area contributed by atoms with Crippen molar-refractivity contribution in [3.8, 4) is 0 Å². The maximum absolute atomic E-state index is 13.1. The van der Waals surface area contributed by atoms with E-state index in [1.165, 1.54) is 0 Å². The Balaban J connectivity index is 2.97. The van der Waals surface area contributed by atoms with Gasteiger partial charge in [0.25, 0.3) is 0 Å². The Kier molecular flexibility index (Phi) is 14.0. The number of hydrogen-bond donors (Lipinski definition) is 7. The van der Waals surface area contributed by atoms with Gasteiger partial charge in [-0.05, 0) is 43.7 Å². The van der Waals surface area contributed by atoms with E-state index in [4.69, 9.17) is 11.5 Å². The van der Waals surface area contributed by atoms with Crippen LogP contribution >= 0.6 is 12.6 Å². The molecule has 0 aliphatic heterocycles. The number of carboxylic acid groups (broad SMARTS) is 1. The molecule has 0 aliphatic rings. The predicted molar refractivity (Wildman–Crippen MR) is 138 cm³/mol. The summed E-state index contributed by atoms with van der Waals surface area (Å²) in [6.45, 7) is 4.29. The van der Waals surface area contributed by atoms with Crippen molar-refractivity contribution >= 4 is 36.3 Å². The first-order chi connectivity index (χ1) is 16.6. The molecule has 3 amide bonds. The first-order valence-corrected chi connectivity index (χ1v) is 12.5. The Morgan fingerprint density at radius 1 is 0.914 bits per heavy atom. The summed E-state index contributed by atoms with van der Waals surface area (Å²) in [7, 11) is 0. The number of nitrogens with one attached hydrogen (secondary N) is 3. The highest BCUT2D eigenvalue weighted by Crippen LogP contribution is 2.08. The van der Waals surface area contributed by atoms with Gasteiger partial charge >= 0.3 is 5.97 Å². The number of carbonyl (C=O) groups is 4. The lowest BCUT2D eigenvalue weighted by molar-refractivity contribution is -0.142. The van der Waals surface area contributed by atoms with Crippen molar-refractivity contribution < 1.29 is 24.3 Å². The van der Waals surface area contributed by atoms with Gasteiger partial charge in [0.15, 0.2) is 0 Å². The molecule has 0 heterocycles. The monoisotopic (exact) mass is 509 g/mol. The fourth-order valence-corrected chi connectivity index (χ4v) is 3.70. The Labute approximate surface area is 212 Å². The van der Waals surface area contributed by atoms with Crippen molar-refractivity contribution in [3.05, 3.63) is 35.9 Å². The molecule has 0 bridgehead atoms. The highest BCUT2D eigenvalue weighted by Gasteiger charge is 2.30. The highest BCUT2D eigenvalue weighted by molar-refractivity contribution is 7.80. The summed E-state index contributed by atoms with van der Waals surface area (Å²) in [5.41, 5.74) is 12.2. The zero-order chi connectivity index (χ0) is 26.4. The molecule has 10 nitrogen and oxygen atoms in total. The van der Waals surface area contributed by atoms with E-state index in [9.17, 15) is 24.3 Å². The lowest BCUT2D eigenvalue weighted by Crippen LogP contribution is -2.58. The molecule has 11 heteroatoms. The number of nitrogens with two attached hydrogens (primary N) is 2. The van der Waals surface area contributed by atoms with Crippen LogP contribution in [0.1, 0.15) is 45.1 Å². The van der Waals surface area contributed by atoms with Crippen LogP contribution in [0.2, 0.25) is 0 Å². The van der Waals surface area contributed by atoms with Gasteiger partial charge in [-0.2, -0.15) is 12.6 Å². The van der Waals surface area contributed by atoms with E-state index in [2.05, 4.69) is 28.6 Å². The van der Waals surface area contributed by atoms with E-state index in [-0.39, 0.29) is 24.5 Å². The van der Waals surface area contributed by atoms with E-state index >= 15 is 0 Å². The molecule has 8 N–H and O–H groups in total. The van der Waals surface area contributed by atoms with Crippen LogP contribution in [-0.2, 0) is 25.6 Å². The zero-order valence-corrected chi connectivity index (χ0v) is 21.3. The van der Waals surface area contributed by atoms with Crippen molar-refractivity contribution in [1.82, 2.24) is 16.0 Å². The maximum atomic E-state index is 13.1. The van der Waals surface area contributed by atoms with Crippen molar-refractivity contribution in [1.29, 1.82) is 0 Å². The number of carbonyl (C=O) groups excluding carboxylic acids is 3. The normalized spacial score (nSPS) is 14.5. The van der Waals surface area contributed by atoms with Crippen LogP contribution in [0.4, 0.5) is 0 Å². The molecule has 0 fully saturated rings. The number of aliphatic carboxylic acids is 1. The van der Waals surface area contributed by atoms with Crippen LogP contribution < -0.4 is 27.4 Å². The van der Waals surface area contributed by atoms with Gasteiger partial charge < -0.3 is 32.5 Å². The van der Waals surface area contributed by atoms with Crippen LogP contribution in [0.15, 0.2) is 30.3 Å². The summed E-state index contributed by atoms with van der Waals surface area (Å²) in [4.78, 5) is 50.1. The minimum Gasteiger partial charge on any atom is -0.480 e. The van der Waals surface area contributed by atoms with Crippen molar-refractivity contribution in [3.63, 3.8) is 0 Å². The quantitative estimate of drug-likeness (QED) is 0.123. The van der Waals surface area contributed by atoms with E-state index in [1.54, 1.807) is 24.3 Å². The first kappa shape index (κ1) is 30.4. The number of benzene rings is 1. The molecule has 0 saturated heterocycles. The molecule has 35 heavy (non-hydrogen) atoms. The second kappa shape index (κ2) is 16.1. The molecular weight excluding hydrogens is 470 g/mol. The Bertz CT molecular complexity index is 824. The lowest BCUT2D eigenvalue weighted by Gasteiger charge is -2.25. The molecule has 0 saturated carbocycles. The van der Waals surface area contributed by atoms with Crippen molar-refractivity contribution in [2.45, 2.75) is 70.1 Å². The number of unbranched alkanes of at least 4 members (excludes halogenated alkanes) is 1. The molecule has 4 atom stereocenters. The summed E-state index contributed by atoms with van der Waals surface area (Å²) in [5, 5.41) is 17.3. The van der Waals surface area contributed by atoms with Crippen LogP contribution in [-0.4, -0.2) is 65.3 Å². The molecule has 0 aliphatic carbocycles. The van der Waals surface area contributed by atoms with Gasteiger partial charge in [0.2, 0.25) is 17.7 Å². The molecule has 0 spiro atoms. The fourth-order valence-electron chi connectivity index (χ4n) is 3.44.